The first kappa shape index (κ1) is 13.4. The van der Waals surface area contributed by atoms with Gasteiger partial charge in [-0.15, -0.1) is 11.8 Å². The van der Waals surface area contributed by atoms with Gasteiger partial charge in [-0.2, -0.15) is 0 Å². The van der Waals surface area contributed by atoms with E-state index >= 15 is 0 Å². The highest BCUT2D eigenvalue weighted by Crippen LogP contribution is 2.32. The van der Waals surface area contributed by atoms with Gasteiger partial charge in [-0.1, -0.05) is 12.1 Å². The number of hydrogen-bond donors (Lipinski definition) is 1. The molecule has 1 aliphatic rings. The average Bonchev–Trinajstić information content (AvgIpc) is 2.37. The van der Waals surface area contributed by atoms with Crippen LogP contribution < -0.4 is 0 Å². The van der Waals surface area contributed by atoms with E-state index in [9.17, 15) is 4.79 Å². The van der Waals surface area contributed by atoms with E-state index in [1.165, 1.54) is 22.6 Å². The van der Waals surface area contributed by atoms with Gasteiger partial charge in [0.2, 0.25) is 0 Å². The topological polar surface area (TPSA) is 46.5 Å². The Kier molecular flexibility index (Phi) is 4.66. The molecule has 1 atom stereocenters. The fourth-order valence-electron chi connectivity index (χ4n) is 2.32. The molecule has 0 aromatic heterocycles. The van der Waals surface area contributed by atoms with Gasteiger partial charge in [0.25, 0.3) is 0 Å². The molecule has 1 aromatic carbocycles. The maximum Gasteiger partial charge on any atom is 0.304 e. The van der Waals surface area contributed by atoms with Crippen LogP contribution in [-0.2, 0) is 16.0 Å². The quantitative estimate of drug-likeness (QED) is 0.890. The molecule has 1 unspecified atom stereocenters. The van der Waals surface area contributed by atoms with Crippen LogP contribution in [0.4, 0.5) is 0 Å². The van der Waals surface area contributed by atoms with Gasteiger partial charge in [0, 0.05) is 17.9 Å². The van der Waals surface area contributed by atoms with E-state index in [1.54, 1.807) is 7.11 Å². The average molecular weight is 266 g/mol. The number of hydrogen-bond acceptors (Lipinski definition) is 3. The summed E-state index contributed by atoms with van der Waals surface area (Å²) in [5.41, 5.74) is 2.44. The smallest absolute Gasteiger partial charge is 0.304 e. The number of benzene rings is 1. The molecule has 1 heterocycles. The van der Waals surface area contributed by atoms with Crippen LogP contribution in [0.5, 0.6) is 0 Å². The molecule has 4 heteroatoms. The molecule has 98 valence electrons. The van der Waals surface area contributed by atoms with E-state index in [4.69, 9.17) is 9.84 Å². The number of carboxylic acid groups (broad SMARTS) is 1. The van der Waals surface area contributed by atoms with E-state index in [0.29, 0.717) is 6.61 Å². The van der Waals surface area contributed by atoms with Gasteiger partial charge < -0.3 is 9.84 Å². The van der Waals surface area contributed by atoms with E-state index in [1.807, 2.05) is 17.8 Å². The van der Waals surface area contributed by atoms with E-state index < -0.39 is 5.97 Å². The summed E-state index contributed by atoms with van der Waals surface area (Å²) in [6.07, 6.45) is 2.43. The molecule has 0 amide bonds. The van der Waals surface area contributed by atoms with Crippen LogP contribution in [0.1, 0.15) is 29.9 Å². The molecule has 18 heavy (non-hydrogen) atoms. The lowest BCUT2D eigenvalue weighted by molar-refractivity contribution is -0.137. The SMILES string of the molecule is COCC(CC(=O)O)c1ccc2c(c1)CCCS2. The van der Waals surface area contributed by atoms with Crippen molar-refractivity contribution in [1.29, 1.82) is 0 Å². The van der Waals surface area contributed by atoms with Crippen LogP contribution in [0.15, 0.2) is 23.1 Å². The Bertz CT molecular complexity index is 431. The zero-order valence-corrected chi connectivity index (χ0v) is 11.3. The Hall–Kier alpha value is -1.00. The standard InChI is InChI=1S/C14H18O3S/c1-17-9-12(8-14(15)16)10-4-5-13-11(7-10)3-2-6-18-13/h4-5,7,12H,2-3,6,8-9H2,1H3,(H,15,16). The lowest BCUT2D eigenvalue weighted by atomic mass is 9.94. The van der Waals surface area contributed by atoms with Crippen molar-refractivity contribution < 1.29 is 14.6 Å². The van der Waals surface area contributed by atoms with Crippen LogP contribution >= 0.6 is 11.8 Å². The maximum absolute atomic E-state index is 10.9. The lowest BCUT2D eigenvalue weighted by Crippen LogP contribution is -2.12. The van der Waals surface area contributed by atoms with Crippen molar-refractivity contribution in [1.82, 2.24) is 0 Å². The summed E-state index contributed by atoms with van der Waals surface area (Å²) < 4.78 is 5.13. The van der Waals surface area contributed by atoms with Crippen molar-refractivity contribution in [2.45, 2.75) is 30.1 Å². The Labute approximate surface area is 112 Å². The van der Waals surface area contributed by atoms with Crippen molar-refractivity contribution >= 4 is 17.7 Å². The predicted octanol–water partition coefficient (Wildman–Crippen LogP) is 2.93. The molecule has 3 nitrogen and oxygen atoms in total. The van der Waals surface area contributed by atoms with Crippen molar-refractivity contribution in [2.24, 2.45) is 0 Å². The molecule has 0 aliphatic carbocycles. The van der Waals surface area contributed by atoms with E-state index in [0.717, 1.165) is 12.0 Å². The summed E-state index contributed by atoms with van der Waals surface area (Å²) in [6.45, 7) is 0.457. The first-order valence-corrected chi connectivity index (χ1v) is 7.15. The molecule has 0 fully saturated rings. The summed E-state index contributed by atoms with van der Waals surface area (Å²) in [5.74, 6) is 0.358. The molecule has 0 bridgehead atoms. The second kappa shape index (κ2) is 6.25. The van der Waals surface area contributed by atoms with Gasteiger partial charge in [-0.3, -0.25) is 4.79 Å². The predicted molar refractivity (Wildman–Crippen MR) is 72.4 cm³/mol. The molecule has 1 N–H and O–H groups in total. The van der Waals surface area contributed by atoms with Crippen LogP contribution in [-0.4, -0.2) is 30.5 Å². The zero-order valence-electron chi connectivity index (χ0n) is 10.5. The highest BCUT2D eigenvalue weighted by molar-refractivity contribution is 7.99. The first-order valence-electron chi connectivity index (χ1n) is 6.17. The van der Waals surface area contributed by atoms with Gasteiger partial charge in [0.05, 0.1) is 13.0 Å². The summed E-state index contributed by atoms with van der Waals surface area (Å²) in [7, 11) is 1.61. The second-order valence-corrected chi connectivity index (χ2v) is 5.71. The third kappa shape index (κ3) is 3.27. The Balaban J connectivity index is 2.21. The third-order valence-corrected chi connectivity index (χ3v) is 4.39. The van der Waals surface area contributed by atoms with E-state index in [-0.39, 0.29) is 12.3 Å². The zero-order chi connectivity index (χ0) is 13.0. The number of methoxy groups -OCH3 is 1. The van der Waals surface area contributed by atoms with Gasteiger partial charge >= 0.3 is 5.97 Å². The number of aliphatic carboxylic acids is 1. The van der Waals surface area contributed by atoms with Gasteiger partial charge in [0.15, 0.2) is 0 Å². The summed E-state index contributed by atoms with van der Waals surface area (Å²) >= 11 is 1.89. The second-order valence-electron chi connectivity index (χ2n) is 4.57. The van der Waals surface area contributed by atoms with Crippen LogP contribution in [0, 0.1) is 0 Å². The van der Waals surface area contributed by atoms with Crippen molar-refractivity contribution in [3.63, 3.8) is 0 Å². The highest BCUT2D eigenvalue weighted by Gasteiger charge is 2.18. The highest BCUT2D eigenvalue weighted by atomic mass is 32.2. The molecule has 0 spiro atoms. The number of thioether (sulfide) groups is 1. The van der Waals surface area contributed by atoms with Crippen LogP contribution in [0.2, 0.25) is 0 Å². The van der Waals surface area contributed by atoms with Crippen LogP contribution in [0.25, 0.3) is 0 Å². The molecule has 2 rings (SSSR count). The first-order chi connectivity index (χ1) is 8.70. The number of aryl methyl sites for hydroxylation is 1. The molecule has 0 saturated carbocycles. The molecule has 1 aromatic rings. The summed E-state index contributed by atoms with van der Waals surface area (Å²) in [5, 5.41) is 8.95. The molecular formula is C14H18O3S. The number of fused-ring (bicyclic) bond motifs is 1. The molecular weight excluding hydrogens is 248 g/mol. The minimum Gasteiger partial charge on any atom is -0.481 e. The fourth-order valence-corrected chi connectivity index (χ4v) is 3.34. The number of ether oxygens (including phenoxy) is 1. The monoisotopic (exact) mass is 266 g/mol. The maximum atomic E-state index is 10.9. The third-order valence-electron chi connectivity index (χ3n) is 3.19. The van der Waals surface area contributed by atoms with E-state index in [2.05, 4.69) is 12.1 Å². The molecule has 0 radical (unpaired) electrons. The van der Waals surface area contributed by atoms with Gasteiger partial charge in [-0.25, -0.2) is 0 Å². The number of carboxylic acids is 1. The lowest BCUT2D eigenvalue weighted by Gasteiger charge is -2.19. The molecule has 0 saturated heterocycles. The Morgan fingerprint density at radius 2 is 2.39 bits per heavy atom. The largest absolute Gasteiger partial charge is 0.481 e. The fraction of sp³-hybridized carbons (Fsp3) is 0.500. The minimum atomic E-state index is -0.774. The summed E-state index contributed by atoms with van der Waals surface area (Å²) in [4.78, 5) is 12.2. The summed E-state index contributed by atoms with van der Waals surface area (Å²) in [6, 6.07) is 6.33. The number of rotatable bonds is 5. The number of carbonyl (C=O) groups is 1. The van der Waals surface area contributed by atoms with Gasteiger partial charge in [0.1, 0.15) is 0 Å². The Morgan fingerprint density at radius 1 is 1.56 bits per heavy atom. The van der Waals surface area contributed by atoms with Crippen molar-refractivity contribution in [2.75, 3.05) is 19.5 Å². The van der Waals surface area contributed by atoms with Crippen LogP contribution in [0.3, 0.4) is 0 Å². The van der Waals surface area contributed by atoms with Crippen molar-refractivity contribution in [3.8, 4) is 0 Å². The normalized spacial score (nSPS) is 16.1. The minimum absolute atomic E-state index is 0.0512. The van der Waals surface area contributed by atoms with Gasteiger partial charge in [-0.05, 0) is 35.8 Å². The molecule has 1 aliphatic heterocycles. The Morgan fingerprint density at radius 3 is 3.11 bits per heavy atom. The van der Waals surface area contributed by atoms with Crippen molar-refractivity contribution in [3.05, 3.63) is 29.3 Å².